The predicted octanol–water partition coefficient (Wildman–Crippen LogP) is 0.758. The van der Waals surface area contributed by atoms with E-state index in [2.05, 4.69) is 5.32 Å². The van der Waals surface area contributed by atoms with E-state index in [4.69, 9.17) is 5.11 Å². The highest BCUT2D eigenvalue weighted by atomic mass is 16.3. The van der Waals surface area contributed by atoms with Gasteiger partial charge in [-0.25, -0.2) is 0 Å². The molecule has 2 rings (SSSR count). The highest BCUT2D eigenvalue weighted by Gasteiger charge is 2.42. The number of aliphatic hydroxyl groups excluding tert-OH is 1. The minimum atomic E-state index is -0.434. The molecular formula is C15H22N2O2. The van der Waals surface area contributed by atoms with E-state index in [-0.39, 0.29) is 12.5 Å². The molecule has 1 heterocycles. The second-order valence-electron chi connectivity index (χ2n) is 5.15. The first kappa shape index (κ1) is 14.0. The number of carbonyl (C=O) groups is 1. The first-order chi connectivity index (χ1) is 9.20. The molecule has 0 spiro atoms. The van der Waals surface area contributed by atoms with Crippen molar-refractivity contribution in [1.82, 2.24) is 10.2 Å². The maximum atomic E-state index is 12.8. The van der Waals surface area contributed by atoms with Crippen LogP contribution in [-0.4, -0.2) is 49.2 Å². The molecule has 19 heavy (non-hydrogen) atoms. The molecule has 104 valence electrons. The van der Waals surface area contributed by atoms with Crippen LogP contribution in [0.25, 0.3) is 0 Å². The van der Waals surface area contributed by atoms with E-state index in [0.29, 0.717) is 6.54 Å². The fourth-order valence-electron chi connectivity index (χ4n) is 2.85. The van der Waals surface area contributed by atoms with Crippen molar-refractivity contribution >= 4 is 5.91 Å². The van der Waals surface area contributed by atoms with Crippen LogP contribution in [0.1, 0.15) is 18.4 Å². The van der Waals surface area contributed by atoms with Gasteiger partial charge in [0.15, 0.2) is 0 Å². The Morgan fingerprint density at radius 2 is 1.95 bits per heavy atom. The van der Waals surface area contributed by atoms with Gasteiger partial charge < -0.3 is 15.3 Å². The fraction of sp³-hybridized carbons (Fsp3) is 0.533. The van der Waals surface area contributed by atoms with Gasteiger partial charge in [0, 0.05) is 13.6 Å². The predicted molar refractivity (Wildman–Crippen MR) is 74.9 cm³/mol. The Balaban J connectivity index is 2.32. The van der Waals surface area contributed by atoms with Gasteiger partial charge in [-0.05, 0) is 31.5 Å². The molecule has 0 aliphatic carbocycles. The number of rotatable bonds is 4. The van der Waals surface area contributed by atoms with Crippen LogP contribution in [0.15, 0.2) is 30.3 Å². The molecule has 2 N–H and O–H groups in total. The van der Waals surface area contributed by atoms with Crippen LogP contribution in [0.5, 0.6) is 0 Å². The molecule has 0 saturated carbocycles. The number of hydrogen-bond donors (Lipinski definition) is 2. The Bertz CT molecular complexity index is 413. The van der Waals surface area contributed by atoms with Gasteiger partial charge in [-0.3, -0.25) is 4.79 Å². The van der Waals surface area contributed by atoms with E-state index in [9.17, 15) is 4.79 Å². The molecule has 1 aliphatic rings. The van der Waals surface area contributed by atoms with Crippen LogP contribution >= 0.6 is 0 Å². The molecule has 0 aromatic heterocycles. The zero-order valence-electron chi connectivity index (χ0n) is 11.4. The molecule has 0 radical (unpaired) electrons. The van der Waals surface area contributed by atoms with Crippen molar-refractivity contribution in [2.24, 2.45) is 0 Å². The lowest BCUT2D eigenvalue weighted by Gasteiger charge is -2.39. The number of benzene rings is 1. The quantitative estimate of drug-likeness (QED) is 0.842. The van der Waals surface area contributed by atoms with Crippen LogP contribution in [0, 0.1) is 0 Å². The largest absolute Gasteiger partial charge is 0.395 e. The number of amides is 1. The Kier molecular flexibility index (Phi) is 4.56. The van der Waals surface area contributed by atoms with Gasteiger partial charge in [0.25, 0.3) is 0 Å². The Labute approximate surface area is 114 Å². The standard InChI is InChI=1S/C15H22N2O2/c1-17(11-12-18)14(19)15(7-9-16-10-8-15)13-5-3-2-4-6-13/h2-6,16,18H,7-12H2,1H3. The van der Waals surface area contributed by atoms with Crippen LogP contribution in [0.3, 0.4) is 0 Å². The average molecular weight is 262 g/mol. The summed E-state index contributed by atoms with van der Waals surface area (Å²) in [5.74, 6) is 0.120. The Morgan fingerprint density at radius 3 is 2.53 bits per heavy atom. The van der Waals surface area contributed by atoms with Gasteiger partial charge in [0.2, 0.25) is 5.91 Å². The topological polar surface area (TPSA) is 52.6 Å². The summed E-state index contributed by atoms with van der Waals surface area (Å²) in [6.07, 6.45) is 1.62. The SMILES string of the molecule is CN(CCO)C(=O)C1(c2ccccc2)CCNCC1. The summed E-state index contributed by atoms with van der Waals surface area (Å²) in [6.45, 7) is 2.10. The first-order valence-electron chi connectivity index (χ1n) is 6.83. The molecule has 1 aliphatic heterocycles. The Hall–Kier alpha value is -1.39. The maximum absolute atomic E-state index is 12.8. The number of likely N-dealkylation sites (N-methyl/N-ethyl adjacent to an activating group) is 1. The molecule has 1 fully saturated rings. The second-order valence-corrected chi connectivity index (χ2v) is 5.15. The molecule has 1 aromatic rings. The molecule has 1 saturated heterocycles. The summed E-state index contributed by atoms with van der Waals surface area (Å²) in [4.78, 5) is 14.4. The van der Waals surface area contributed by atoms with Crippen LogP contribution in [-0.2, 0) is 10.2 Å². The number of piperidine rings is 1. The van der Waals surface area contributed by atoms with Crippen molar-refractivity contribution in [3.05, 3.63) is 35.9 Å². The van der Waals surface area contributed by atoms with E-state index < -0.39 is 5.41 Å². The maximum Gasteiger partial charge on any atom is 0.233 e. The highest BCUT2D eigenvalue weighted by molar-refractivity contribution is 5.88. The van der Waals surface area contributed by atoms with Crippen LogP contribution < -0.4 is 5.32 Å². The summed E-state index contributed by atoms with van der Waals surface area (Å²) >= 11 is 0. The molecular weight excluding hydrogens is 240 g/mol. The van der Waals surface area contributed by atoms with Crippen molar-refractivity contribution in [2.75, 3.05) is 33.3 Å². The van der Waals surface area contributed by atoms with E-state index >= 15 is 0 Å². The lowest BCUT2D eigenvalue weighted by Crippen LogP contribution is -2.51. The van der Waals surface area contributed by atoms with E-state index in [1.165, 1.54) is 0 Å². The van der Waals surface area contributed by atoms with Gasteiger partial charge in [-0.2, -0.15) is 0 Å². The van der Waals surface area contributed by atoms with Crippen molar-refractivity contribution in [2.45, 2.75) is 18.3 Å². The van der Waals surface area contributed by atoms with Crippen LogP contribution in [0.4, 0.5) is 0 Å². The van der Waals surface area contributed by atoms with Crippen molar-refractivity contribution < 1.29 is 9.90 Å². The normalized spacial score (nSPS) is 18.0. The minimum absolute atomic E-state index is 0.00532. The summed E-state index contributed by atoms with van der Waals surface area (Å²) in [6, 6.07) is 10.0. The van der Waals surface area contributed by atoms with E-state index in [0.717, 1.165) is 31.5 Å². The van der Waals surface area contributed by atoms with Crippen LogP contribution in [0.2, 0.25) is 0 Å². The van der Waals surface area contributed by atoms with Gasteiger partial charge in [0.05, 0.1) is 12.0 Å². The van der Waals surface area contributed by atoms with E-state index in [1.807, 2.05) is 30.3 Å². The first-order valence-corrected chi connectivity index (χ1v) is 6.83. The van der Waals surface area contributed by atoms with Gasteiger partial charge >= 0.3 is 0 Å². The zero-order valence-corrected chi connectivity index (χ0v) is 11.4. The minimum Gasteiger partial charge on any atom is -0.395 e. The number of carbonyl (C=O) groups excluding carboxylic acids is 1. The van der Waals surface area contributed by atoms with Crippen molar-refractivity contribution in [3.8, 4) is 0 Å². The smallest absolute Gasteiger partial charge is 0.233 e. The number of hydrogen-bond acceptors (Lipinski definition) is 3. The molecule has 1 aromatic carbocycles. The zero-order chi connectivity index (χ0) is 13.7. The third kappa shape index (κ3) is 2.80. The molecule has 4 nitrogen and oxygen atoms in total. The third-order valence-electron chi connectivity index (χ3n) is 3.97. The highest BCUT2D eigenvalue weighted by Crippen LogP contribution is 2.35. The Morgan fingerprint density at radius 1 is 1.32 bits per heavy atom. The molecule has 0 bridgehead atoms. The summed E-state index contributed by atoms with van der Waals surface area (Å²) in [5.41, 5.74) is 0.655. The lowest BCUT2D eigenvalue weighted by molar-refractivity contribution is -0.137. The lowest BCUT2D eigenvalue weighted by atomic mass is 9.72. The molecule has 4 heteroatoms. The molecule has 0 unspecified atom stereocenters. The van der Waals surface area contributed by atoms with Crippen molar-refractivity contribution in [3.63, 3.8) is 0 Å². The van der Waals surface area contributed by atoms with Gasteiger partial charge in [-0.15, -0.1) is 0 Å². The average Bonchev–Trinajstić information content (AvgIpc) is 2.48. The monoisotopic (exact) mass is 262 g/mol. The summed E-state index contributed by atoms with van der Waals surface area (Å²) in [7, 11) is 1.77. The summed E-state index contributed by atoms with van der Waals surface area (Å²) < 4.78 is 0. The number of aliphatic hydroxyl groups is 1. The van der Waals surface area contributed by atoms with Crippen molar-refractivity contribution in [1.29, 1.82) is 0 Å². The summed E-state index contributed by atoms with van der Waals surface area (Å²) in [5, 5.41) is 12.3. The third-order valence-corrected chi connectivity index (χ3v) is 3.97. The number of nitrogens with zero attached hydrogens (tertiary/aromatic N) is 1. The second kappa shape index (κ2) is 6.17. The van der Waals surface area contributed by atoms with Gasteiger partial charge in [-0.1, -0.05) is 30.3 Å². The molecule has 1 amide bonds. The fourth-order valence-corrected chi connectivity index (χ4v) is 2.85. The molecule has 0 atom stereocenters. The number of nitrogens with one attached hydrogen (secondary N) is 1. The van der Waals surface area contributed by atoms with Gasteiger partial charge in [0.1, 0.15) is 0 Å². The van der Waals surface area contributed by atoms with E-state index in [1.54, 1.807) is 11.9 Å².